The van der Waals surface area contributed by atoms with Gasteiger partial charge >= 0.3 is 0 Å². The standard InChI is InChI=1S/C5H6BN3O.H2/c1-9-5(10)4(6)3(7)2-8-9;/h2H,7H2,1H3;1H. The summed E-state index contributed by atoms with van der Waals surface area (Å²) in [6, 6.07) is 0. The van der Waals surface area contributed by atoms with Gasteiger partial charge in [0.1, 0.15) is 7.85 Å². The largest absolute Gasteiger partial charge is 0.398 e. The molecule has 1 aromatic heterocycles. The smallest absolute Gasteiger partial charge is 0.261 e. The van der Waals surface area contributed by atoms with E-state index < -0.39 is 0 Å². The van der Waals surface area contributed by atoms with Crippen molar-refractivity contribution in [3.63, 3.8) is 0 Å². The van der Waals surface area contributed by atoms with Gasteiger partial charge in [0.05, 0.1) is 11.9 Å². The van der Waals surface area contributed by atoms with E-state index >= 15 is 0 Å². The second-order valence-corrected chi connectivity index (χ2v) is 1.94. The van der Waals surface area contributed by atoms with Gasteiger partial charge in [-0.05, 0) is 5.46 Å². The number of nitrogens with zero attached hydrogens (tertiary/aromatic N) is 2. The van der Waals surface area contributed by atoms with Crippen LogP contribution in [0.2, 0.25) is 0 Å². The summed E-state index contributed by atoms with van der Waals surface area (Å²) in [5.41, 5.74) is 5.21. The highest BCUT2D eigenvalue weighted by molar-refractivity contribution is 6.35. The Morgan fingerprint density at radius 1 is 1.90 bits per heavy atom. The van der Waals surface area contributed by atoms with Crippen molar-refractivity contribution in [1.82, 2.24) is 9.78 Å². The van der Waals surface area contributed by atoms with Crippen LogP contribution in [0.1, 0.15) is 1.43 Å². The van der Waals surface area contributed by atoms with E-state index in [1.165, 1.54) is 13.2 Å². The van der Waals surface area contributed by atoms with Crippen molar-refractivity contribution < 1.29 is 1.43 Å². The molecule has 0 aliphatic carbocycles. The van der Waals surface area contributed by atoms with E-state index in [9.17, 15) is 4.79 Å². The van der Waals surface area contributed by atoms with Crippen molar-refractivity contribution >= 4 is 19.0 Å². The van der Waals surface area contributed by atoms with Gasteiger partial charge in [-0.1, -0.05) is 0 Å². The molecule has 0 bridgehead atoms. The van der Waals surface area contributed by atoms with Crippen molar-refractivity contribution in [1.29, 1.82) is 0 Å². The van der Waals surface area contributed by atoms with Gasteiger partial charge in [-0.15, -0.1) is 0 Å². The van der Waals surface area contributed by atoms with E-state index in [0.717, 1.165) is 4.68 Å². The molecular weight excluding hydrogens is 129 g/mol. The summed E-state index contributed by atoms with van der Waals surface area (Å²) < 4.78 is 1.13. The van der Waals surface area contributed by atoms with Crippen LogP contribution in [-0.4, -0.2) is 17.6 Å². The Hall–Kier alpha value is -1.26. The Bertz CT molecular complexity index is 311. The maximum Gasteiger partial charge on any atom is 0.261 e. The lowest BCUT2D eigenvalue weighted by Gasteiger charge is -1.99. The third-order valence-corrected chi connectivity index (χ3v) is 1.21. The topological polar surface area (TPSA) is 60.9 Å². The Morgan fingerprint density at radius 3 is 3.00 bits per heavy atom. The normalized spacial score (nSPS) is 9.70. The molecule has 0 aliphatic heterocycles. The molecule has 52 valence electrons. The van der Waals surface area contributed by atoms with E-state index in [0.29, 0.717) is 0 Å². The predicted molar refractivity (Wildman–Crippen MR) is 41.4 cm³/mol. The van der Waals surface area contributed by atoms with Crippen LogP contribution < -0.4 is 16.8 Å². The molecule has 0 spiro atoms. The molecule has 0 saturated carbocycles. The first-order chi connectivity index (χ1) is 4.63. The fraction of sp³-hybridized carbons (Fsp3) is 0.200. The molecule has 0 atom stereocenters. The first-order valence-electron chi connectivity index (χ1n) is 2.70. The van der Waals surface area contributed by atoms with Gasteiger partial charge in [0.2, 0.25) is 0 Å². The molecule has 0 amide bonds. The maximum absolute atomic E-state index is 10.9. The maximum atomic E-state index is 10.9. The molecule has 2 N–H and O–H groups in total. The Balaban J connectivity index is 0.000001000. The Labute approximate surface area is 60.6 Å². The lowest BCUT2D eigenvalue weighted by Crippen LogP contribution is -2.36. The summed E-state index contributed by atoms with van der Waals surface area (Å²) in [4.78, 5) is 10.9. The van der Waals surface area contributed by atoms with E-state index in [4.69, 9.17) is 13.6 Å². The van der Waals surface area contributed by atoms with Gasteiger partial charge in [-0.3, -0.25) is 4.79 Å². The second-order valence-electron chi connectivity index (χ2n) is 1.94. The molecule has 2 radical (unpaired) electrons. The van der Waals surface area contributed by atoms with E-state index in [2.05, 4.69) is 5.10 Å². The number of nitrogen functional groups attached to an aromatic ring is 1. The predicted octanol–water partition coefficient (Wildman–Crippen LogP) is -1.60. The Morgan fingerprint density at radius 2 is 2.50 bits per heavy atom. The highest BCUT2D eigenvalue weighted by atomic mass is 16.1. The fourth-order valence-corrected chi connectivity index (χ4v) is 0.569. The summed E-state index contributed by atoms with van der Waals surface area (Å²) >= 11 is 0. The highest BCUT2D eigenvalue weighted by Gasteiger charge is 1.98. The molecule has 4 nitrogen and oxygen atoms in total. The zero-order valence-corrected chi connectivity index (χ0v) is 5.53. The van der Waals surface area contributed by atoms with Gasteiger partial charge in [-0.2, -0.15) is 5.10 Å². The Kier molecular flexibility index (Phi) is 1.49. The summed E-state index contributed by atoms with van der Waals surface area (Å²) in [6.45, 7) is 0. The minimum atomic E-state index is -0.361. The number of hydrogen-bond acceptors (Lipinski definition) is 3. The van der Waals surface area contributed by atoms with Crippen molar-refractivity contribution in [3.05, 3.63) is 16.6 Å². The van der Waals surface area contributed by atoms with Crippen molar-refractivity contribution in [2.24, 2.45) is 7.05 Å². The fourth-order valence-electron chi connectivity index (χ4n) is 0.569. The second kappa shape index (κ2) is 2.17. The summed E-state index contributed by atoms with van der Waals surface area (Å²) in [5, 5.41) is 3.64. The van der Waals surface area contributed by atoms with Crippen molar-refractivity contribution in [2.75, 3.05) is 5.73 Å². The van der Waals surface area contributed by atoms with Crippen molar-refractivity contribution in [2.45, 2.75) is 0 Å². The van der Waals surface area contributed by atoms with Gasteiger partial charge in [0, 0.05) is 8.47 Å². The molecule has 0 aromatic carbocycles. The minimum absolute atomic E-state index is 0. The average Bonchev–Trinajstić information content (AvgIpc) is 1.93. The van der Waals surface area contributed by atoms with Crippen LogP contribution in [0, 0.1) is 0 Å². The van der Waals surface area contributed by atoms with Gasteiger partial charge in [0.25, 0.3) is 5.56 Å². The molecule has 5 heteroatoms. The molecule has 1 heterocycles. The zero-order valence-electron chi connectivity index (χ0n) is 5.53. The SMILES string of the molecule is [B]c1c(N)cnn(C)c1=O.[HH]. The van der Waals surface area contributed by atoms with Crippen LogP contribution >= 0.6 is 0 Å². The van der Waals surface area contributed by atoms with Crippen LogP contribution in [-0.2, 0) is 7.05 Å². The lowest BCUT2D eigenvalue weighted by molar-refractivity contribution is 0.714. The number of aryl methyl sites for hydroxylation is 1. The molecule has 10 heavy (non-hydrogen) atoms. The number of rotatable bonds is 0. The third-order valence-electron chi connectivity index (χ3n) is 1.21. The van der Waals surface area contributed by atoms with Crippen LogP contribution in [0.4, 0.5) is 5.69 Å². The van der Waals surface area contributed by atoms with E-state index in [1.54, 1.807) is 0 Å². The molecule has 0 unspecified atom stereocenters. The number of aromatic nitrogens is 2. The van der Waals surface area contributed by atoms with Gasteiger partial charge in [0.15, 0.2) is 0 Å². The molecule has 0 aliphatic rings. The van der Waals surface area contributed by atoms with Crippen LogP contribution in [0.15, 0.2) is 11.0 Å². The quantitative estimate of drug-likeness (QED) is 0.438. The van der Waals surface area contributed by atoms with E-state index in [1.807, 2.05) is 0 Å². The first-order valence-corrected chi connectivity index (χ1v) is 2.70. The van der Waals surface area contributed by atoms with Crippen molar-refractivity contribution in [3.8, 4) is 0 Å². The molecule has 1 aromatic rings. The zero-order chi connectivity index (χ0) is 7.72. The molecule has 0 saturated heterocycles. The summed E-state index contributed by atoms with van der Waals surface area (Å²) in [7, 11) is 6.80. The van der Waals surface area contributed by atoms with Crippen LogP contribution in [0.5, 0.6) is 0 Å². The first kappa shape index (κ1) is 6.86. The van der Waals surface area contributed by atoms with Crippen LogP contribution in [0.3, 0.4) is 0 Å². The molecule has 0 fully saturated rings. The third kappa shape index (κ3) is 0.898. The molecule has 1 rings (SSSR count). The average molecular weight is 137 g/mol. The lowest BCUT2D eigenvalue weighted by atomic mass is 9.97. The molecular formula is C5H8BN3O. The van der Waals surface area contributed by atoms with Gasteiger partial charge in [-0.25, -0.2) is 4.68 Å². The monoisotopic (exact) mass is 137 g/mol. The highest BCUT2D eigenvalue weighted by Crippen LogP contribution is 1.83. The van der Waals surface area contributed by atoms with Crippen LogP contribution in [0.25, 0.3) is 0 Å². The number of nitrogens with two attached hydrogens (primary N) is 1. The van der Waals surface area contributed by atoms with E-state index in [-0.39, 0.29) is 18.1 Å². The van der Waals surface area contributed by atoms with Gasteiger partial charge < -0.3 is 5.73 Å². The summed E-state index contributed by atoms with van der Waals surface area (Å²) in [5.74, 6) is 0. The number of anilines is 1. The number of hydrogen-bond donors (Lipinski definition) is 1. The minimum Gasteiger partial charge on any atom is -0.398 e. The summed E-state index contributed by atoms with van der Waals surface area (Å²) in [6.07, 6.45) is 1.34.